The van der Waals surface area contributed by atoms with Crippen molar-refractivity contribution in [2.24, 2.45) is 0 Å². The summed E-state index contributed by atoms with van der Waals surface area (Å²) in [4.78, 5) is 38.8. The molecule has 0 radical (unpaired) electrons. The van der Waals surface area contributed by atoms with Gasteiger partial charge in [0.05, 0.1) is 11.4 Å². The molecule has 0 aromatic carbocycles. The third-order valence-electron chi connectivity index (χ3n) is 3.56. The lowest BCUT2D eigenvalue weighted by atomic mass is 10.0. The number of thiophene rings is 1. The van der Waals surface area contributed by atoms with Gasteiger partial charge in [0.2, 0.25) is 5.91 Å². The number of hydrogen-bond donors (Lipinski definition) is 1. The summed E-state index contributed by atoms with van der Waals surface area (Å²) >= 11 is 1.32. The van der Waals surface area contributed by atoms with E-state index in [0.717, 1.165) is 12.8 Å². The normalized spacial score (nSPS) is 18.3. The molecule has 1 aromatic heterocycles. The minimum atomic E-state index is -0.977. The highest BCUT2D eigenvalue weighted by atomic mass is 32.1. The minimum absolute atomic E-state index is 0.0967. The Morgan fingerprint density at radius 2 is 2.19 bits per heavy atom. The van der Waals surface area contributed by atoms with Crippen LogP contribution in [0.15, 0.2) is 17.5 Å². The standard InChI is InChI=1S/C14H18N2O4S/c1-15(13(18)11-6-4-8-21-11)9-12(17)16-7-3-2-5-10(16)14(19)20/h4,6,8,10H,2-3,5,7,9H2,1H3,(H,19,20)/t10-/m1/s1. The van der Waals surface area contributed by atoms with Gasteiger partial charge in [0.25, 0.3) is 5.91 Å². The van der Waals surface area contributed by atoms with E-state index in [-0.39, 0.29) is 18.4 Å². The number of carboxylic acid groups (broad SMARTS) is 1. The number of nitrogens with zero attached hydrogens (tertiary/aromatic N) is 2. The number of carbonyl (C=O) groups is 3. The van der Waals surface area contributed by atoms with E-state index in [9.17, 15) is 19.5 Å². The molecule has 2 amide bonds. The maximum Gasteiger partial charge on any atom is 0.326 e. The minimum Gasteiger partial charge on any atom is -0.480 e. The van der Waals surface area contributed by atoms with Crippen molar-refractivity contribution in [1.82, 2.24) is 9.80 Å². The molecule has 0 saturated carbocycles. The van der Waals surface area contributed by atoms with Gasteiger partial charge in [0, 0.05) is 13.6 Å². The number of likely N-dealkylation sites (N-methyl/N-ethyl adjacent to an activating group) is 1. The SMILES string of the molecule is CN(CC(=O)N1CCCC[C@@H]1C(=O)O)C(=O)c1cccs1. The molecule has 1 aromatic rings. The Hall–Kier alpha value is -1.89. The van der Waals surface area contributed by atoms with Crippen LogP contribution < -0.4 is 0 Å². The summed E-state index contributed by atoms with van der Waals surface area (Å²) in [6.07, 6.45) is 2.09. The summed E-state index contributed by atoms with van der Waals surface area (Å²) in [5.41, 5.74) is 0. The van der Waals surface area contributed by atoms with Gasteiger partial charge in [0.1, 0.15) is 6.04 Å². The second-order valence-electron chi connectivity index (χ2n) is 5.08. The molecule has 0 spiro atoms. The molecule has 1 aliphatic rings. The first-order chi connectivity index (χ1) is 10.0. The van der Waals surface area contributed by atoms with E-state index in [4.69, 9.17) is 0 Å². The average molecular weight is 310 g/mol. The number of piperidine rings is 1. The molecule has 1 N–H and O–H groups in total. The van der Waals surface area contributed by atoms with E-state index < -0.39 is 12.0 Å². The molecular weight excluding hydrogens is 292 g/mol. The smallest absolute Gasteiger partial charge is 0.326 e. The Labute approximate surface area is 127 Å². The quantitative estimate of drug-likeness (QED) is 0.909. The van der Waals surface area contributed by atoms with Crippen LogP contribution in [0, 0.1) is 0 Å². The van der Waals surface area contributed by atoms with Crippen molar-refractivity contribution in [2.45, 2.75) is 25.3 Å². The molecule has 1 atom stereocenters. The van der Waals surface area contributed by atoms with Gasteiger partial charge in [-0.25, -0.2) is 4.79 Å². The van der Waals surface area contributed by atoms with E-state index in [2.05, 4.69) is 0 Å². The monoisotopic (exact) mass is 310 g/mol. The molecule has 1 saturated heterocycles. The molecule has 0 unspecified atom stereocenters. The van der Waals surface area contributed by atoms with Crippen molar-refractivity contribution in [3.8, 4) is 0 Å². The third-order valence-corrected chi connectivity index (χ3v) is 4.42. The van der Waals surface area contributed by atoms with Crippen molar-refractivity contribution in [1.29, 1.82) is 0 Å². The Kier molecular flexibility index (Phi) is 4.95. The predicted octanol–water partition coefficient (Wildman–Crippen LogP) is 1.29. The zero-order chi connectivity index (χ0) is 15.4. The van der Waals surface area contributed by atoms with Gasteiger partial charge < -0.3 is 14.9 Å². The fourth-order valence-electron chi connectivity index (χ4n) is 2.44. The number of rotatable bonds is 4. The molecule has 0 aliphatic carbocycles. The molecule has 0 bridgehead atoms. The van der Waals surface area contributed by atoms with Crippen LogP contribution in [0.3, 0.4) is 0 Å². The Morgan fingerprint density at radius 1 is 1.43 bits per heavy atom. The first kappa shape index (κ1) is 15.5. The maximum atomic E-state index is 12.3. The van der Waals surface area contributed by atoms with Gasteiger partial charge in [-0.3, -0.25) is 9.59 Å². The van der Waals surface area contributed by atoms with E-state index in [1.807, 2.05) is 0 Å². The molecule has 114 valence electrons. The highest BCUT2D eigenvalue weighted by Gasteiger charge is 2.32. The number of aliphatic carboxylic acids is 1. The van der Waals surface area contributed by atoms with Gasteiger partial charge >= 0.3 is 5.97 Å². The lowest BCUT2D eigenvalue weighted by molar-refractivity contribution is -0.152. The second kappa shape index (κ2) is 6.71. The summed E-state index contributed by atoms with van der Waals surface area (Å²) in [5.74, 6) is -1.51. The fraction of sp³-hybridized carbons (Fsp3) is 0.500. The van der Waals surface area contributed by atoms with Crippen LogP contribution in [0.2, 0.25) is 0 Å². The highest BCUT2D eigenvalue weighted by molar-refractivity contribution is 7.12. The molecule has 2 heterocycles. The molecule has 2 rings (SSSR count). The fourth-order valence-corrected chi connectivity index (χ4v) is 3.16. The second-order valence-corrected chi connectivity index (χ2v) is 6.02. The molecule has 1 fully saturated rings. The molecule has 7 heteroatoms. The van der Waals surface area contributed by atoms with Crippen LogP contribution in [-0.4, -0.2) is 58.9 Å². The van der Waals surface area contributed by atoms with E-state index >= 15 is 0 Å². The van der Waals surface area contributed by atoms with Crippen LogP contribution in [0.25, 0.3) is 0 Å². The van der Waals surface area contributed by atoms with Crippen LogP contribution in [-0.2, 0) is 9.59 Å². The lowest BCUT2D eigenvalue weighted by Gasteiger charge is -2.34. The predicted molar refractivity (Wildman–Crippen MR) is 78.3 cm³/mol. The van der Waals surface area contributed by atoms with E-state index in [0.29, 0.717) is 17.8 Å². The zero-order valence-corrected chi connectivity index (χ0v) is 12.6. The summed E-state index contributed by atoms with van der Waals surface area (Å²) < 4.78 is 0. The highest BCUT2D eigenvalue weighted by Crippen LogP contribution is 2.18. The Balaban J connectivity index is 1.99. The number of likely N-dealkylation sites (tertiary alicyclic amines) is 1. The molecule has 6 nitrogen and oxygen atoms in total. The first-order valence-electron chi connectivity index (χ1n) is 6.82. The van der Waals surface area contributed by atoms with Crippen LogP contribution in [0.5, 0.6) is 0 Å². The van der Waals surface area contributed by atoms with Gasteiger partial charge in [0.15, 0.2) is 0 Å². The number of amides is 2. The van der Waals surface area contributed by atoms with Crippen LogP contribution in [0.4, 0.5) is 0 Å². The maximum absolute atomic E-state index is 12.3. The molecule has 21 heavy (non-hydrogen) atoms. The summed E-state index contributed by atoms with van der Waals surface area (Å²) in [5, 5.41) is 11.0. The van der Waals surface area contributed by atoms with Crippen molar-refractivity contribution in [3.05, 3.63) is 22.4 Å². The third kappa shape index (κ3) is 3.60. The van der Waals surface area contributed by atoms with Crippen molar-refractivity contribution >= 4 is 29.1 Å². The zero-order valence-electron chi connectivity index (χ0n) is 11.8. The van der Waals surface area contributed by atoms with Crippen molar-refractivity contribution < 1.29 is 19.5 Å². The Morgan fingerprint density at radius 3 is 2.81 bits per heavy atom. The van der Waals surface area contributed by atoms with Crippen molar-refractivity contribution in [2.75, 3.05) is 20.1 Å². The van der Waals surface area contributed by atoms with E-state index in [1.165, 1.54) is 21.1 Å². The Bertz CT molecular complexity index is 529. The number of carboxylic acids is 1. The van der Waals surface area contributed by atoms with Crippen LogP contribution >= 0.6 is 11.3 Å². The summed E-state index contributed by atoms with van der Waals surface area (Å²) in [6, 6.07) is 2.71. The largest absolute Gasteiger partial charge is 0.480 e. The average Bonchev–Trinajstić information content (AvgIpc) is 3.00. The van der Waals surface area contributed by atoms with Crippen LogP contribution in [0.1, 0.15) is 28.9 Å². The summed E-state index contributed by atoms with van der Waals surface area (Å²) in [6.45, 7) is 0.345. The van der Waals surface area contributed by atoms with Gasteiger partial charge in [-0.2, -0.15) is 0 Å². The van der Waals surface area contributed by atoms with E-state index in [1.54, 1.807) is 24.6 Å². The lowest BCUT2D eigenvalue weighted by Crippen LogP contribution is -2.51. The molecular formula is C14H18N2O4S. The number of hydrogen-bond acceptors (Lipinski definition) is 4. The van der Waals surface area contributed by atoms with Crippen molar-refractivity contribution in [3.63, 3.8) is 0 Å². The first-order valence-corrected chi connectivity index (χ1v) is 7.70. The van der Waals surface area contributed by atoms with Gasteiger partial charge in [-0.1, -0.05) is 6.07 Å². The van der Waals surface area contributed by atoms with Gasteiger partial charge in [-0.15, -0.1) is 11.3 Å². The topological polar surface area (TPSA) is 77.9 Å². The van der Waals surface area contributed by atoms with Gasteiger partial charge in [-0.05, 0) is 30.7 Å². The molecule has 1 aliphatic heterocycles. The number of carbonyl (C=O) groups excluding carboxylic acids is 2. The summed E-state index contributed by atoms with van der Waals surface area (Å²) in [7, 11) is 1.56.